The van der Waals surface area contributed by atoms with E-state index in [2.05, 4.69) is 0 Å². The number of primary amides is 1. The van der Waals surface area contributed by atoms with Crippen LogP contribution in [-0.2, 0) is 16.1 Å². The molecule has 7 heteroatoms. The largest absolute Gasteiger partial charge is 0.489 e. The van der Waals surface area contributed by atoms with Gasteiger partial charge in [0.2, 0.25) is 0 Å². The highest BCUT2D eigenvalue weighted by Crippen LogP contribution is 2.18. The van der Waals surface area contributed by atoms with E-state index in [1.807, 2.05) is 35.6 Å². The molecular weight excluding hydrogens is 348 g/mol. The Morgan fingerprint density at radius 2 is 1.74 bits per heavy atom. The lowest BCUT2D eigenvalue weighted by atomic mass is 10.1. The lowest BCUT2D eigenvalue weighted by Gasteiger charge is -2.20. The van der Waals surface area contributed by atoms with Crippen molar-refractivity contribution in [2.24, 2.45) is 11.7 Å². The van der Waals surface area contributed by atoms with Crippen molar-refractivity contribution in [3.63, 3.8) is 0 Å². The summed E-state index contributed by atoms with van der Waals surface area (Å²) in [6, 6.07) is 15.1. The number of hydrogen-bond donors (Lipinski definition) is 2. The summed E-state index contributed by atoms with van der Waals surface area (Å²) in [5.74, 6) is -1.30. The number of benzene rings is 2. The molecule has 3 N–H and O–H groups in total. The highest BCUT2D eigenvalue weighted by Gasteiger charge is 2.28. The summed E-state index contributed by atoms with van der Waals surface area (Å²) in [7, 11) is 0. The first-order valence-corrected chi connectivity index (χ1v) is 8.45. The van der Waals surface area contributed by atoms with Crippen LogP contribution in [0.25, 0.3) is 0 Å². The molecule has 1 atom stereocenters. The van der Waals surface area contributed by atoms with Crippen LogP contribution in [0.3, 0.4) is 0 Å². The zero-order valence-corrected chi connectivity index (χ0v) is 15.2. The number of amides is 3. The summed E-state index contributed by atoms with van der Waals surface area (Å²) in [6.45, 7) is 3.74. The van der Waals surface area contributed by atoms with E-state index < -0.39 is 24.0 Å². The Balaban J connectivity index is 2.04. The molecule has 3 amide bonds. The van der Waals surface area contributed by atoms with Crippen molar-refractivity contribution in [2.75, 3.05) is 0 Å². The van der Waals surface area contributed by atoms with Crippen LogP contribution in [-0.4, -0.2) is 24.0 Å². The third kappa shape index (κ3) is 6.14. The number of rotatable bonds is 7. The molecule has 0 aromatic heterocycles. The summed E-state index contributed by atoms with van der Waals surface area (Å²) in [5.41, 5.74) is 6.17. The summed E-state index contributed by atoms with van der Waals surface area (Å²) in [5, 5.41) is 1.93. The summed E-state index contributed by atoms with van der Waals surface area (Å²) in [4.78, 5) is 35.2. The van der Waals surface area contributed by atoms with Gasteiger partial charge >= 0.3 is 12.0 Å². The molecule has 0 fully saturated rings. The van der Waals surface area contributed by atoms with Gasteiger partial charge < -0.3 is 15.2 Å². The first-order chi connectivity index (χ1) is 12.9. The zero-order chi connectivity index (χ0) is 19.8. The van der Waals surface area contributed by atoms with Gasteiger partial charge in [-0.25, -0.2) is 9.59 Å². The monoisotopic (exact) mass is 370 g/mol. The number of nitrogens with two attached hydrogens (primary N) is 1. The van der Waals surface area contributed by atoms with E-state index in [9.17, 15) is 14.4 Å². The third-order valence-corrected chi connectivity index (χ3v) is 3.66. The smallest absolute Gasteiger partial charge is 0.339 e. The molecule has 0 aliphatic carbocycles. The molecule has 2 rings (SSSR count). The molecule has 0 spiro atoms. The van der Waals surface area contributed by atoms with E-state index in [4.69, 9.17) is 15.2 Å². The predicted octanol–water partition coefficient (Wildman–Crippen LogP) is 2.64. The van der Waals surface area contributed by atoms with Crippen molar-refractivity contribution in [3.05, 3.63) is 65.7 Å². The highest BCUT2D eigenvalue weighted by atomic mass is 16.5. The van der Waals surface area contributed by atoms with Gasteiger partial charge in [-0.2, -0.15) is 0 Å². The molecule has 142 valence electrons. The number of esters is 1. The van der Waals surface area contributed by atoms with Crippen LogP contribution < -0.4 is 15.8 Å². The predicted molar refractivity (Wildman–Crippen MR) is 99.0 cm³/mol. The average Bonchev–Trinajstić information content (AvgIpc) is 2.64. The first-order valence-electron chi connectivity index (χ1n) is 8.45. The summed E-state index contributed by atoms with van der Waals surface area (Å²) in [6.07, 6.45) is -1.14. The molecular formula is C20H22N2O5. The van der Waals surface area contributed by atoms with Gasteiger partial charge in [-0.3, -0.25) is 10.1 Å². The van der Waals surface area contributed by atoms with Gasteiger partial charge in [-0.15, -0.1) is 0 Å². The SMILES string of the molecule is CC(C)[C@H](OC(=O)c1cccc(OCc2ccccc2)c1)C(=O)NC(N)=O. The summed E-state index contributed by atoms with van der Waals surface area (Å²) >= 11 is 0. The van der Waals surface area contributed by atoms with Gasteiger partial charge in [0.15, 0.2) is 6.10 Å². The van der Waals surface area contributed by atoms with Crippen LogP contribution in [0, 0.1) is 5.92 Å². The standard InChI is InChI=1S/C20H22N2O5/c1-13(2)17(18(23)22-20(21)25)27-19(24)15-9-6-10-16(11-15)26-12-14-7-4-3-5-8-14/h3-11,13,17H,12H2,1-2H3,(H3,21,22,23,25)/t17-/m0/s1. The normalized spacial score (nSPS) is 11.5. The molecule has 27 heavy (non-hydrogen) atoms. The van der Waals surface area contributed by atoms with E-state index in [0.717, 1.165) is 5.56 Å². The highest BCUT2D eigenvalue weighted by molar-refractivity contribution is 5.98. The Hall–Kier alpha value is -3.35. The topological polar surface area (TPSA) is 108 Å². The second kappa shape index (κ2) is 9.38. The van der Waals surface area contributed by atoms with Gasteiger partial charge in [-0.05, 0) is 29.7 Å². The zero-order valence-electron chi connectivity index (χ0n) is 15.2. The van der Waals surface area contributed by atoms with Gasteiger partial charge in [0.25, 0.3) is 5.91 Å². The van der Waals surface area contributed by atoms with Crippen LogP contribution >= 0.6 is 0 Å². The molecule has 2 aromatic rings. The maximum atomic E-state index is 12.4. The number of urea groups is 1. The molecule has 0 heterocycles. The minimum absolute atomic E-state index is 0.234. The number of hydrogen-bond acceptors (Lipinski definition) is 5. The number of carbonyl (C=O) groups excluding carboxylic acids is 3. The van der Waals surface area contributed by atoms with Crippen LogP contribution in [0.2, 0.25) is 0 Å². The Labute approximate surface area is 157 Å². The second-order valence-corrected chi connectivity index (χ2v) is 6.23. The fraction of sp³-hybridized carbons (Fsp3) is 0.250. The number of carbonyl (C=O) groups is 3. The van der Waals surface area contributed by atoms with Gasteiger partial charge in [-0.1, -0.05) is 50.2 Å². The van der Waals surface area contributed by atoms with Crippen LogP contribution in [0.5, 0.6) is 5.75 Å². The van der Waals surface area contributed by atoms with Crippen molar-refractivity contribution < 1.29 is 23.9 Å². The van der Waals surface area contributed by atoms with Crippen molar-refractivity contribution in [1.29, 1.82) is 0 Å². The molecule has 0 aliphatic heterocycles. The lowest BCUT2D eigenvalue weighted by Crippen LogP contribution is -2.45. The molecule has 0 unspecified atom stereocenters. The molecule has 0 radical (unpaired) electrons. The number of nitrogens with one attached hydrogen (secondary N) is 1. The van der Waals surface area contributed by atoms with Crippen molar-refractivity contribution in [2.45, 2.75) is 26.6 Å². The fourth-order valence-corrected chi connectivity index (χ4v) is 2.32. The Morgan fingerprint density at radius 1 is 1.04 bits per heavy atom. The van der Waals surface area contributed by atoms with E-state index >= 15 is 0 Å². The molecule has 0 saturated carbocycles. The molecule has 0 bridgehead atoms. The molecule has 2 aromatic carbocycles. The van der Waals surface area contributed by atoms with E-state index in [1.54, 1.807) is 32.0 Å². The molecule has 0 saturated heterocycles. The Morgan fingerprint density at radius 3 is 2.37 bits per heavy atom. The van der Waals surface area contributed by atoms with Gasteiger partial charge in [0, 0.05) is 0 Å². The van der Waals surface area contributed by atoms with E-state index in [1.165, 1.54) is 6.07 Å². The first kappa shape index (κ1) is 20.0. The maximum absolute atomic E-state index is 12.4. The van der Waals surface area contributed by atoms with E-state index in [0.29, 0.717) is 12.4 Å². The minimum atomic E-state index is -1.14. The molecule has 7 nitrogen and oxygen atoms in total. The van der Waals surface area contributed by atoms with Crippen LogP contribution in [0.4, 0.5) is 4.79 Å². The maximum Gasteiger partial charge on any atom is 0.339 e. The summed E-state index contributed by atoms with van der Waals surface area (Å²) < 4.78 is 11.0. The minimum Gasteiger partial charge on any atom is -0.489 e. The second-order valence-electron chi connectivity index (χ2n) is 6.23. The quantitative estimate of drug-likeness (QED) is 0.729. The number of imide groups is 1. The molecule has 0 aliphatic rings. The fourth-order valence-electron chi connectivity index (χ4n) is 2.32. The van der Waals surface area contributed by atoms with Crippen molar-refractivity contribution >= 4 is 17.9 Å². The van der Waals surface area contributed by atoms with Crippen molar-refractivity contribution in [3.8, 4) is 5.75 Å². The van der Waals surface area contributed by atoms with Gasteiger partial charge in [0.1, 0.15) is 12.4 Å². The Bertz CT molecular complexity index is 805. The number of ether oxygens (including phenoxy) is 2. The van der Waals surface area contributed by atoms with Crippen molar-refractivity contribution in [1.82, 2.24) is 5.32 Å². The van der Waals surface area contributed by atoms with Crippen LogP contribution in [0.15, 0.2) is 54.6 Å². The van der Waals surface area contributed by atoms with Crippen LogP contribution in [0.1, 0.15) is 29.8 Å². The third-order valence-electron chi connectivity index (χ3n) is 3.66. The van der Waals surface area contributed by atoms with E-state index in [-0.39, 0.29) is 11.5 Å². The van der Waals surface area contributed by atoms with Gasteiger partial charge in [0.05, 0.1) is 5.56 Å². The average molecular weight is 370 g/mol. The Kier molecular flexibility index (Phi) is 6.93. The lowest BCUT2D eigenvalue weighted by molar-refractivity contribution is -0.130.